The van der Waals surface area contributed by atoms with Crippen molar-refractivity contribution in [2.24, 2.45) is 11.8 Å². The molecule has 1 amide bonds. The average Bonchev–Trinajstić information content (AvgIpc) is 3.48. The fourth-order valence-electron chi connectivity index (χ4n) is 4.68. The molecule has 0 radical (unpaired) electrons. The summed E-state index contributed by atoms with van der Waals surface area (Å²) in [7, 11) is 0. The van der Waals surface area contributed by atoms with Gasteiger partial charge in [0.2, 0.25) is 0 Å². The maximum Gasteiger partial charge on any atom is 0.265 e. The summed E-state index contributed by atoms with van der Waals surface area (Å²) in [5.74, 6) is 1.61. The second-order valence-corrected chi connectivity index (χ2v) is 9.43. The minimum absolute atomic E-state index is 0.246. The largest absolute Gasteiger partial charge is 0.356 e. The number of rotatable bonds is 3. The Balaban J connectivity index is 1.24. The second-order valence-electron chi connectivity index (χ2n) is 8.40. The van der Waals surface area contributed by atoms with Crippen molar-refractivity contribution in [2.75, 3.05) is 36.4 Å². The first kappa shape index (κ1) is 18.7. The zero-order valence-corrected chi connectivity index (χ0v) is 17.7. The molecular weight excluding hydrogens is 415 g/mol. The van der Waals surface area contributed by atoms with Crippen molar-refractivity contribution in [1.82, 2.24) is 19.7 Å². The van der Waals surface area contributed by atoms with Gasteiger partial charge in [-0.15, -0.1) is 11.3 Å². The van der Waals surface area contributed by atoms with Crippen molar-refractivity contribution in [3.8, 4) is 0 Å². The fraction of sp³-hybridized carbons (Fsp3) is 0.318. The normalized spacial score (nSPS) is 20.6. The molecule has 2 atom stereocenters. The van der Waals surface area contributed by atoms with Crippen LogP contribution in [0.5, 0.6) is 0 Å². The van der Waals surface area contributed by atoms with E-state index in [0.717, 1.165) is 42.2 Å². The van der Waals surface area contributed by atoms with Crippen LogP contribution in [-0.2, 0) is 0 Å². The molecular formula is C22H21FN6OS. The Morgan fingerprint density at radius 3 is 2.81 bits per heavy atom. The Hall–Kier alpha value is -3.04. The van der Waals surface area contributed by atoms with Crippen molar-refractivity contribution in [3.63, 3.8) is 0 Å². The molecule has 0 aromatic carbocycles. The van der Waals surface area contributed by atoms with Crippen LogP contribution in [0.4, 0.5) is 15.9 Å². The van der Waals surface area contributed by atoms with E-state index in [-0.39, 0.29) is 11.6 Å². The first-order valence-corrected chi connectivity index (χ1v) is 11.2. The highest BCUT2D eigenvalue weighted by atomic mass is 32.1. The lowest BCUT2D eigenvalue weighted by Crippen LogP contribution is -2.26. The highest BCUT2D eigenvalue weighted by Gasteiger charge is 2.36. The number of carbonyl (C=O) groups excluding carboxylic acids is 1. The number of fused-ring (bicyclic) bond motifs is 3. The lowest BCUT2D eigenvalue weighted by Gasteiger charge is -2.18. The van der Waals surface area contributed by atoms with Gasteiger partial charge in [-0.1, -0.05) is 0 Å². The molecule has 9 heteroatoms. The minimum atomic E-state index is -0.473. The number of hydrogen-bond donors (Lipinski definition) is 2. The molecule has 7 nitrogen and oxygen atoms in total. The molecule has 0 unspecified atom stereocenters. The summed E-state index contributed by atoms with van der Waals surface area (Å²) >= 11 is 1.36. The van der Waals surface area contributed by atoms with E-state index in [1.165, 1.54) is 17.4 Å². The first-order valence-electron chi connectivity index (χ1n) is 10.4. The summed E-state index contributed by atoms with van der Waals surface area (Å²) in [6.45, 7) is 6.01. The number of carbonyl (C=O) groups is 1. The summed E-state index contributed by atoms with van der Waals surface area (Å²) in [5.41, 5.74) is 1.35. The predicted molar refractivity (Wildman–Crippen MR) is 120 cm³/mol. The third-order valence-electron chi connectivity index (χ3n) is 6.19. The summed E-state index contributed by atoms with van der Waals surface area (Å²) in [5, 5.41) is 7.19. The number of nitrogens with one attached hydrogen (secondary N) is 2. The topological polar surface area (TPSA) is 74.6 Å². The quantitative estimate of drug-likeness (QED) is 0.516. The number of amides is 1. The van der Waals surface area contributed by atoms with E-state index in [0.29, 0.717) is 28.1 Å². The van der Waals surface area contributed by atoms with Crippen molar-refractivity contribution in [2.45, 2.75) is 6.92 Å². The van der Waals surface area contributed by atoms with Gasteiger partial charge in [-0.25, -0.2) is 14.4 Å². The van der Waals surface area contributed by atoms with Gasteiger partial charge in [-0.2, -0.15) is 0 Å². The van der Waals surface area contributed by atoms with E-state index in [9.17, 15) is 9.18 Å². The van der Waals surface area contributed by atoms with Gasteiger partial charge in [0.25, 0.3) is 5.91 Å². The summed E-state index contributed by atoms with van der Waals surface area (Å²) in [6, 6.07) is 7.20. The van der Waals surface area contributed by atoms with Gasteiger partial charge in [0.15, 0.2) is 11.5 Å². The third kappa shape index (κ3) is 3.24. The van der Waals surface area contributed by atoms with E-state index in [4.69, 9.17) is 4.98 Å². The molecule has 158 valence electrons. The Labute approximate surface area is 181 Å². The Morgan fingerprint density at radius 1 is 1.19 bits per heavy atom. The molecule has 2 aliphatic rings. The lowest BCUT2D eigenvalue weighted by molar-refractivity contribution is 0.103. The molecule has 2 aliphatic heterocycles. The van der Waals surface area contributed by atoms with Crippen LogP contribution < -0.4 is 15.5 Å². The van der Waals surface area contributed by atoms with Gasteiger partial charge in [-0.3, -0.25) is 4.79 Å². The van der Waals surface area contributed by atoms with Crippen molar-refractivity contribution in [3.05, 3.63) is 53.0 Å². The minimum Gasteiger partial charge on any atom is -0.356 e. The second kappa shape index (κ2) is 7.00. The van der Waals surface area contributed by atoms with E-state index in [2.05, 4.69) is 20.5 Å². The number of thiophene rings is 1. The van der Waals surface area contributed by atoms with Gasteiger partial charge in [0, 0.05) is 50.0 Å². The van der Waals surface area contributed by atoms with Crippen LogP contribution in [0.3, 0.4) is 0 Å². The molecule has 0 aliphatic carbocycles. The number of hydrogen-bond acceptors (Lipinski definition) is 6. The van der Waals surface area contributed by atoms with E-state index < -0.39 is 5.82 Å². The summed E-state index contributed by atoms with van der Waals surface area (Å²) < 4.78 is 15.9. The molecule has 0 saturated carbocycles. The number of nitrogens with zero attached hydrogens (tertiary/aromatic N) is 4. The van der Waals surface area contributed by atoms with Crippen LogP contribution in [0.2, 0.25) is 0 Å². The average molecular weight is 437 g/mol. The molecule has 6 rings (SSSR count). The van der Waals surface area contributed by atoms with E-state index in [1.54, 1.807) is 23.7 Å². The van der Waals surface area contributed by atoms with Crippen molar-refractivity contribution >= 4 is 44.6 Å². The molecule has 0 bridgehead atoms. The standard InChI is InChI=1S/C22H21FN6OS/c1-12-8-29-11-16(5-17(23)20(29)25-12)26-21(30)18-4-13-2-3-19(27-22(13)31-18)28-9-14-6-24-7-15(14)10-28/h2-5,8,11,14-15,24H,6-7,9-10H2,1H3,(H,26,30)/t14-,15+. The smallest absolute Gasteiger partial charge is 0.265 e. The summed E-state index contributed by atoms with van der Waals surface area (Å²) in [6.07, 6.45) is 3.39. The highest BCUT2D eigenvalue weighted by molar-refractivity contribution is 7.20. The van der Waals surface area contributed by atoms with Gasteiger partial charge in [0.05, 0.1) is 16.3 Å². The van der Waals surface area contributed by atoms with Crippen LogP contribution in [0.25, 0.3) is 15.9 Å². The molecule has 6 heterocycles. The molecule has 2 fully saturated rings. The van der Waals surface area contributed by atoms with Crippen molar-refractivity contribution in [1.29, 1.82) is 0 Å². The maximum atomic E-state index is 14.3. The number of imidazole rings is 1. The van der Waals surface area contributed by atoms with Gasteiger partial charge in [0.1, 0.15) is 10.6 Å². The number of pyridine rings is 2. The Morgan fingerprint density at radius 2 is 2.00 bits per heavy atom. The van der Waals surface area contributed by atoms with Crippen LogP contribution in [0.15, 0.2) is 36.7 Å². The van der Waals surface area contributed by atoms with Crippen LogP contribution in [0.1, 0.15) is 15.4 Å². The number of halogens is 1. The lowest BCUT2D eigenvalue weighted by atomic mass is 10.0. The van der Waals surface area contributed by atoms with Gasteiger partial charge >= 0.3 is 0 Å². The molecule has 2 saturated heterocycles. The van der Waals surface area contributed by atoms with Crippen LogP contribution in [-0.4, -0.2) is 46.5 Å². The fourth-order valence-corrected chi connectivity index (χ4v) is 5.60. The maximum absolute atomic E-state index is 14.3. The zero-order valence-electron chi connectivity index (χ0n) is 16.9. The van der Waals surface area contributed by atoms with Crippen LogP contribution >= 0.6 is 11.3 Å². The van der Waals surface area contributed by atoms with Gasteiger partial charge < -0.3 is 19.9 Å². The first-order chi connectivity index (χ1) is 15.0. The molecule has 4 aromatic heterocycles. The number of aryl methyl sites for hydroxylation is 1. The number of anilines is 2. The van der Waals surface area contributed by atoms with Gasteiger partial charge in [-0.05, 0) is 37.0 Å². The molecule has 31 heavy (non-hydrogen) atoms. The molecule has 0 spiro atoms. The zero-order chi connectivity index (χ0) is 21.1. The Kier molecular flexibility index (Phi) is 4.22. The van der Waals surface area contributed by atoms with E-state index >= 15 is 0 Å². The van der Waals surface area contributed by atoms with E-state index in [1.807, 2.05) is 18.2 Å². The van der Waals surface area contributed by atoms with Crippen molar-refractivity contribution < 1.29 is 9.18 Å². The number of aromatic nitrogens is 3. The monoisotopic (exact) mass is 436 g/mol. The summed E-state index contributed by atoms with van der Waals surface area (Å²) in [4.78, 5) is 25.5. The van der Waals surface area contributed by atoms with Crippen LogP contribution in [0, 0.1) is 24.6 Å². The SMILES string of the molecule is Cc1cn2cc(NC(=O)c3cc4ccc(N5C[C@H]6CNC[C@H]6C5)nc4s3)cc(F)c2n1. The third-order valence-corrected chi connectivity index (χ3v) is 7.23. The molecule has 4 aromatic rings. The predicted octanol–water partition coefficient (Wildman–Crippen LogP) is 3.30. The highest BCUT2D eigenvalue weighted by Crippen LogP contribution is 2.32. The molecule has 2 N–H and O–H groups in total. The Bertz CT molecular complexity index is 1320.